The predicted octanol–water partition coefficient (Wildman–Crippen LogP) is 4.72. The van der Waals surface area contributed by atoms with E-state index in [1.165, 1.54) is 4.90 Å². The van der Waals surface area contributed by atoms with Gasteiger partial charge in [-0.15, -0.1) is 0 Å². The van der Waals surface area contributed by atoms with Gasteiger partial charge in [-0.25, -0.2) is 0 Å². The summed E-state index contributed by atoms with van der Waals surface area (Å²) in [6.45, 7) is 3.27. The number of amides is 2. The van der Waals surface area contributed by atoms with E-state index >= 15 is 0 Å². The normalized spacial score (nSPS) is 16.5. The fourth-order valence-electron chi connectivity index (χ4n) is 4.75. The van der Waals surface area contributed by atoms with Crippen molar-refractivity contribution in [2.24, 2.45) is 0 Å². The van der Waals surface area contributed by atoms with Gasteiger partial charge in [-0.1, -0.05) is 71.7 Å². The maximum absolute atomic E-state index is 13.6. The van der Waals surface area contributed by atoms with Gasteiger partial charge in [0.25, 0.3) is 5.91 Å². The molecule has 1 unspecified atom stereocenters. The number of morpholine rings is 1. The standard InChI is InChI=1S/C29H28Cl2N3O4/c1-32(28(35)18-34-25-15-23(30)24(31)16-27(25)38-19-29(34)36)26(17-33-11-13-37-14-12-33)22-9-7-21(8-10-22)20-5-3-2-4-6-20/h3-10,15-16,26H,11-14,17-19H2,1H3. The zero-order valence-electron chi connectivity index (χ0n) is 21.0. The van der Waals surface area contributed by atoms with Crippen LogP contribution in [0.3, 0.4) is 0 Å². The van der Waals surface area contributed by atoms with Gasteiger partial charge < -0.3 is 14.4 Å². The lowest BCUT2D eigenvalue weighted by Crippen LogP contribution is -2.48. The lowest BCUT2D eigenvalue weighted by Gasteiger charge is -2.37. The molecule has 1 radical (unpaired) electrons. The third-order valence-corrected chi connectivity index (χ3v) is 7.70. The Labute approximate surface area is 232 Å². The highest BCUT2D eigenvalue weighted by Gasteiger charge is 2.32. The first-order valence-electron chi connectivity index (χ1n) is 12.4. The van der Waals surface area contributed by atoms with E-state index in [4.69, 9.17) is 32.7 Å². The van der Waals surface area contributed by atoms with E-state index in [0.29, 0.717) is 36.2 Å². The molecule has 3 aromatic carbocycles. The zero-order valence-corrected chi connectivity index (χ0v) is 22.5. The Morgan fingerprint density at radius 1 is 1.03 bits per heavy atom. The number of halogens is 2. The molecular formula is C29H28Cl2N3O4. The number of anilines is 1. The SMILES string of the molecule is CN(C(=O)CN1C(=O)COc2cc(Cl)c(Cl)cc21)C(CN1CCOCC1)c1ccc(-c2cc[c]cc2)cc1. The number of carbonyl (C=O) groups excluding carboxylic acids is 2. The van der Waals surface area contributed by atoms with Crippen molar-refractivity contribution < 1.29 is 19.1 Å². The molecule has 0 N–H and O–H groups in total. The van der Waals surface area contributed by atoms with Crippen molar-refractivity contribution >= 4 is 40.7 Å². The van der Waals surface area contributed by atoms with Crippen molar-refractivity contribution in [3.8, 4) is 16.9 Å². The second-order valence-corrected chi connectivity index (χ2v) is 10.2. The number of fused-ring (bicyclic) bond motifs is 1. The van der Waals surface area contributed by atoms with Gasteiger partial charge in [0.2, 0.25) is 5.91 Å². The third-order valence-electron chi connectivity index (χ3n) is 6.98. The molecule has 2 aliphatic rings. The molecule has 2 heterocycles. The first-order chi connectivity index (χ1) is 18.4. The summed E-state index contributed by atoms with van der Waals surface area (Å²) in [7, 11) is 1.79. The highest BCUT2D eigenvalue weighted by Crippen LogP contribution is 2.39. The van der Waals surface area contributed by atoms with Gasteiger partial charge in [-0.2, -0.15) is 0 Å². The van der Waals surface area contributed by atoms with E-state index in [1.54, 1.807) is 24.1 Å². The van der Waals surface area contributed by atoms with E-state index in [2.05, 4.69) is 35.2 Å². The van der Waals surface area contributed by atoms with Crippen LogP contribution >= 0.6 is 23.2 Å². The third kappa shape index (κ3) is 5.81. The Balaban J connectivity index is 1.39. The molecule has 0 bridgehead atoms. The molecule has 0 saturated carbocycles. The summed E-state index contributed by atoms with van der Waals surface area (Å²) in [5, 5.41) is 0.613. The minimum absolute atomic E-state index is 0.137. The lowest BCUT2D eigenvalue weighted by molar-refractivity contribution is -0.133. The summed E-state index contributed by atoms with van der Waals surface area (Å²) in [5.74, 6) is -0.0848. The molecule has 9 heteroatoms. The second kappa shape index (κ2) is 11.7. The van der Waals surface area contributed by atoms with Gasteiger partial charge in [0.1, 0.15) is 12.3 Å². The number of ether oxygens (including phenoxy) is 2. The number of nitrogens with zero attached hydrogens (tertiary/aromatic N) is 3. The monoisotopic (exact) mass is 552 g/mol. The Morgan fingerprint density at radius 2 is 1.68 bits per heavy atom. The number of rotatable bonds is 7. The molecule has 0 aliphatic carbocycles. The number of likely N-dealkylation sites (N-methyl/N-ethyl adjacent to an activating group) is 1. The molecule has 1 atom stereocenters. The maximum Gasteiger partial charge on any atom is 0.265 e. The number of hydrogen-bond acceptors (Lipinski definition) is 5. The van der Waals surface area contributed by atoms with Crippen LogP contribution in [0.1, 0.15) is 11.6 Å². The smallest absolute Gasteiger partial charge is 0.265 e. The summed E-state index contributed by atoms with van der Waals surface area (Å²) >= 11 is 12.3. The summed E-state index contributed by atoms with van der Waals surface area (Å²) in [4.78, 5) is 31.9. The van der Waals surface area contributed by atoms with Crippen molar-refractivity contribution in [1.29, 1.82) is 0 Å². The molecule has 1 saturated heterocycles. The highest BCUT2D eigenvalue weighted by atomic mass is 35.5. The van der Waals surface area contributed by atoms with Crippen molar-refractivity contribution in [2.75, 3.05) is 57.9 Å². The van der Waals surface area contributed by atoms with Crippen LogP contribution in [0.25, 0.3) is 11.1 Å². The van der Waals surface area contributed by atoms with Crippen LogP contribution in [0.2, 0.25) is 10.0 Å². The van der Waals surface area contributed by atoms with Crippen LogP contribution in [-0.4, -0.2) is 74.7 Å². The molecule has 5 rings (SSSR count). The maximum atomic E-state index is 13.6. The Bertz CT molecular complexity index is 1300. The predicted molar refractivity (Wildman–Crippen MR) is 148 cm³/mol. The van der Waals surface area contributed by atoms with Crippen LogP contribution in [0.15, 0.2) is 60.7 Å². The molecule has 3 aromatic rings. The lowest BCUT2D eigenvalue weighted by atomic mass is 9.99. The first kappa shape index (κ1) is 26.5. The van der Waals surface area contributed by atoms with Crippen molar-refractivity contribution in [1.82, 2.24) is 9.80 Å². The summed E-state index contributed by atoms with van der Waals surface area (Å²) in [5.41, 5.74) is 3.65. The van der Waals surface area contributed by atoms with Crippen LogP contribution in [0.4, 0.5) is 5.69 Å². The molecule has 0 aromatic heterocycles. The molecule has 2 amide bonds. The Morgan fingerprint density at radius 3 is 2.39 bits per heavy atom. The first-order valence-corrected chi connectivity index (χ1v) is 13.2. The van der Waals surface area contributed by atoms with Crippen molar-refractivity contribution in [3.05, 3.63) is 82.3 Å². The summed E-state index contributed by atoms with van der Waals surface area (Å²) < 4.78 is 11.1. The van der Waals surface area contributed by atoms with Gasteiger partial charge in [0.05, 0.1) is 35.0 Å². The summed E-state index contributed by atoms with van der Waals surface area (Å²) in [6, 6.07) is 22.1. The molecule has 38 heavy (non-hydrogen) atoms. The van der Waals surface area contributed by atoms with Gasteiger partial charge in [0.15, 0.2) is 6.61 Å². The zero-order chi connectivity index (χ0) is 26.6. The Kier molecular flexibility index (Phi) is 8.19. The van der Waals surface area contributed by atoms with Crippen LogP contribution in [0, 0.1) is 6.07 Å². The van der Waals surface area contributed by atoms with Crippen LogP contribution in [-0.2, 0) is 14.3 Å². The number of benzene rings is 3. The van der Waals surface area contributed by atoms with E-state index < -0.39 is 0 Å². The van der Waals surface area contributed by atoms with E-state index in [9.17, 15) is 9.59 Å². The van der Waals surface area contributed by atoms with E-state index in [1.807, 2.05) is 24.3 Å². The fraction of sp³-hybridized carbons (Fsp3) is 0.310. The number of hydrogen-bond donors (Lipinski definition) is 0. The average molecular weight is 553 g/mol. The quantitative estimate of drug-likeness (QED) is 0.424. The highest BCUT2D eigenvalue weighted by molar-refractivity contribution is 6.42. The van der Waals surface area contributed by atoms with Gasteiger partial charge in [-0.05, 0) is 28.8 Å². The molecule has 7 nitrogen and oxygen atoms in total. The molecule has 2 aliphatic heterocycles. The van der Waals surface area contributed by atoms with Crippen LogP contribution in [0.5, 0.6) is 5.75 Å². The summed E-state index contributed by atoms with van der Waals surface area (Å²) in [6.07, 6.45) is 0. The van der Waals surface area contributed by atoms with Crippen LogP contribution < -0.4 is 9.64 Å². The molecular weight excluding hydrogens is 525 g/mol. The Hall–Kier alpha value is -3.10. The molecule has 197 valence electrons. The largest absolute Gasteiger partial charge is 0.482 e. The molecule has 1 fully saturated rings. The van der Waals surface area contributed by atoms with Gasteiger partial charge >= 0.3 is 0 Å². The van der Waals surface area contributed by atoms with Gasteiger partial charge in [0, 0.05) is 32.7 Å². The molecule has 0 spiro atoms. The number of carbonyl (C=O) groups is 2. The van der Waals surface area contributed by atoms with E-state index in [0.717, 1.165) is 29.8 Å². The topological polar surface area (TPSA) is 62.3 Å². The minimum Gasteiger partial charge on any atom is -0.482 e. The van der Waals surface area contributed by atoms with E-state index in [-0.39, 0.29) is 36.0 Å². The fourth-order valence-corrected chi connectivity index (χ4v) is 5.06. The van der Waals surface area contributed by atoms with Gasteiger partial charge in [-0.3, -0.25) is 19.4 Å². The average Bonchev–Trinajstić information content (AvgIpc) is 2.95. The van der Waals surface area contributed by atoms with Crippen molar-refractivity contribution in [3.63, 3.8) is 0 Å². The second-order valence-electron chi connectivity index (χ2n) is 9.35. The van der Waals surface area contributed by atoms with Crippen molar-refractivity contribution in [2.45, 2.75) is 6.04 Å². The minimum atomic E-state index is -0.313.